The zero-order valence-electron chi connectivity index (χ0n) is 13.9. The summed E-state index contributed by atoms with van der Waals surface area (Å²) in [4.78, 5) is 0. The van der Waals surface area contributed by atoms with Crippen molar-refractivity contribution >= 4 is 0 Å². The molecule has 1 N–H and O–H groups in total. The molecule has 0 spiro atoms. The molecule has 0 fully saturated rings. The lowest BCUT2D eigenvalue weighted by molar-refractivity contribution is 0.0442. The Morgan fingerprint density at radius 2 is 2.14 bits per heavy atom. The molecule has 0 aliphatic carbocycles. The van der Waals surface area contributed by atoms with Gasteiger partial charge in [-0.05, 0) is 32.4 Å². The number of fused-ring (bicyclic) bond motifs is 1. The second kappa shape index (κ2) is 7.17. The van der Waals surface area contributed by atoms with Gasteiger partial charge in [0, 0.05) is 24.1 Å². The summed E-state index contributed by atoms with van der Waals surface area (Å²) in [5.41, 5.74) is 1.16. The van der Waals surface area contributed by atoms with Gasteiger partial charge in [0.2, 0.25) is 0 Å². The molecule has 1 aromatic carbocycles. The molecule has 0 bridgehead atoms. The predicted molar refractivity (Wildman–Crippen MR) is 87.2 cm³/mol. The molecular formula is C18H29NO2. The summed E-state index contributed by atoms with van der Waals surface area (Å²) in [6.07, 6.45) is 4.26. The summed E-state index contributed by atoms with van der Waals surface area (Å²) in [5, 5.41) is 3.58. The first-order valence-corrected chi connectivity index (χ1v) is 8.31. The van der Waals surface area contributed by atoms with Crippen molar-refractivity contribution in [1.29, 1.82) is 0 Å². The third-order valence-electron chi connectivity index (χ3n) is 4.32. The molecule has 1 aromatic rings. The van der Waals surface area contributed by atoms with Crippen molar-refractivity contribution in [3.8, 4) is 11.5 Å². The molecule has 0 radical (unpaired) electrons. The van der Waals surface area contributed by atoms with E-state index in [1.165, 1.54) is 5.56 Å². The van der Waals surface area contributed by atoms with E-state index in [9.17, 15) is 0 Å². The van der Waals surface area contributed by atoms with Crippen molar-refractivity contribution in [3.05, 3.63) is 23.8 Å². The van der Waals surface area contributed by atoms with E-state index in [-0.39, 0.29) is 5.60 Å². The quantitative estimate of drug-likeness (QED) is 0.752. The van der Waals surface area contributed by atoms with Gasteiger partial charge in [-0.2, -0.15) is 0 Å². The van der Waals surface area contributed by atoms with Crippen LogP contribution in [0.1, 0.15) is 65.0 Å². The summed E-state index contributed by atoms with van der Waals surface area (Å²) in [5.74, 6) is 1.89. The average molecular weight is 291 g/mol. The van der Waals surface area contributed by atoms with Crippen molar-refractivity contribution in [2.45, 2.75) is 65.0 Å². The fraction of sp³-hybridized carbons (Fsp3) is 0.667. The Bertz CT molecular complexity index is 461. The minimum Gasteiger partial charge on any atom is -0.493 e. The van der Waals surface area contributed by atoms with E-state index >= 15 is 0 Å². The molecule has 21 heavy (non-hydrogen) atoms. The van der Waals surface area contributed by atoms with Gasteiger partial charge in [0.15, 0.2) is 0 Å². The van der Waals surface area contributed by atoms with E-state index in [2.05, 4.69) is 51.2 Å². The van der Waals surface area contributed by atoms with Crippen LogP contribution in [0.2, 0.25) is 0 Å². The Morgan fingerprint density at radius 1 is 1.33 bits per heavy atom. The number of benzene rings is 1. The molecule has 0 saturated heterocycles. The van der Waals surface area contributed by atoms with Crippen molar-refractivity contribution in [2.24, 2.45) is 0 Å². The second-order valence-corrected chi connectivity index (χ2v) is 6.12. The van der Waals surface area contributed by atoms with Crippen LogP contribution in [0.25, 0.3) is 0 Å². The number of unbranched alkanes of at least 4 members (excludes halogenated alkanes) is 1. The van der Waals surface area contributed by atoms with Gasteiger partial charge in [-0.25, -0.2) is 0 Å². The van der Waals surface area contributed by atoms with Crippen LogP contribution in [-0.2, 0) is 0 Å². The molecule has 118 valence electrons. The van der Waals surface area contributed by atoms with Crippen LogP contribution in [-0.4, -0.2) is 18.8 Å². The van der Waals surface area contributed by atoms with Crippen LogP contribution < -0.4 is 14.8 Å². The molecular weight excluding hydrogens is 262 g/mol. The summed E-state index contributed by atoms with van der Waals surface area (Å²) < 4.78 is 12.1. The fourth-order valence-corrected chi connectivity index (χ4v) is 2.81. The fourth-order valence-electron chi connectivity index (χ4n) is 2.81. The van der Waals surface area contributed by atoms with Gasteiger partial charge in [-0.3, -0.25) is 0 Å². The molecule has 1 aliphatic heterocycles. The van der Waals surface area contributed by atoms with Gasteiger partial charge in [-0.1, -0.05) is 33.3 Å². The average Bonchev–Trinajstić information content (AvgIpc) is 2.47. The molecule has 2 atom stereocenters. The van der Waals surface area contributed by atoms with E-state index in [1.54, 1.807) is 0 Å². The number of rotatable bonds is 7. The third-order valence-corrected chi connectivity index (χ3v) is 4.32. The van der Waals surface area contributed by atoms with Gasteiger partial charge in [0.05, 0.1) is 6.61 Å². The van der Waals surface area contributed by atoms with E-state index in [0.717, 1.165) is 50.3 Å². The lowest BCUT2D eigenvalue weighted by atomic mass is 9.86. The second-order valence-electron chi connectivity index (χ2n) is 6.12. The Balaban J connectivity index is 2.21. The Hall–Kier alpha value is -1.22. The van der Waals surface area contributed by atoms with Crippen LogP contribution in [0.4, 0.5) is 0 Å². The normalized spacial score (nSPS) is 24.3. The maximum absolute atomic E-state index is 6.27. The standard InChI is InChI=1S/C18H29NO2/c1-5-8-11-20-14-9-10-15-16(19-7-3)13-18(4,6-2)21-17(15)12-14/h9-10,12,16,19H,5-8,11,13H2,1-4H3. The minimum atomic E-state index is -0.0954. The molecule has 2 rings (SSSR count). The monoisotopic (exact) mass is 291 g/mol. The number of nitrogens with one attached hydrogen (secondary N) is 1. The Labute approximate surface area is 129 Å². The van der Waals surface area contributed by atoms with Crippen molar-refractivity contribution in [1.82, 2.24) is 5.32 Å². The first-order chi connectivity index (χ1) is 10.1. The van der Waals surface area contributed by atoms with Crippen molar-refractivity contribution < 1.29 is 9.47 Å². The van der Waals surface area contributed by atoms with Gasteiger partial charge in [-0.15, -0.1) is 0 Å². The van der Waals surface area contributed by atoms with Crippen molar-refractivity contribution in [2.75, 3.05) is 13.2 Å². The first kappa shape index (κ1) is 16.2. The smallest absolute Gasteiger partial charge is 0.128 e. The number of hydrogen-bond donors (Lipinski definition) is 1. The summed E-state index contributed by atoms with van der Waals surface area (Å²) in [6, 6.07) is 6.65. The lowest BCUT2D eigenvalue weighted by Gasteiger charge is -2.40. The highest BCUT2D eigenvalue weighted by molar-refractivity contribution is 5.44. The number of ether oxygens (including phenoxy) is 2. The van der Waals surface area contributed by atoms with Gasteiger partial charge in [0.25, 0.3) is 0 Å². The van der Waals surface area contributed by atoms with E-state index in [0.29, 0.717) is 6.04 Å². The highest BCUT2D eigenvalue weighted by Crippen LogP contribution is 2.42. The highest BCUT2D eigenvalue weighted by Gasteiger charge is 2.35. The lowest BCUT2D eigenvalue weighted by Crippen LogP contribution is -2.41. The molecule has 1 heterocycles. The summed E-state index contributed by atoms with van der Waals surface area (Å²) >= 11 is 0. The zero-order valence-corrected chi connectivity index (χ0v) is 13.9. The summed E-state index contributed by atoms with van der Waals surface area (Å²) in [6.45, 7) is 10.5. The van der Waals surface area contributed by atoms with Gasteiger partial charge < -0.3 is 14.8 Å². The molecule has 2 unspecified atom stereocenters. The molecule has 1 aliphatic rings. The third kappa shape index (κ3) is 3.91. The topological polar surface area (TPSA) is 30.5 Å². The molecule has 3 heteroatoms. The minimum absolute atomic E-state index is 0.0954. The van der Waals surface area contributed by atoms with E-state index < -0.39 is 0 Å². The van der Waals surface area contributed by atoms with Crippen LogP contribution in [0.3, 0.4) is 0 Å². The molecule has 3 nitrogen and oxygen atoms in total. The van der Waals surface area contributed by atoms with E-state index in [4.69, 9.17) is 9.47 Å². The molecule has 0 aromatic heterocycles. The zero-order chi connectivity index (χ0) is 15.3. The van der Waals surface area contributed by atoms with Crippen LogP contribution in [0.5, 0.6) is 11.5 Å². The van der Waals surface area contributed by atoms with E-state index in [1.807, 2.05) is 0 Å². The van der Waals surface area contributed by atoms with Crippen molar-refractivity contribution in [3.63, 3.8) is 0 Å². The van der Waals surface area contributed by atoms with Gasteiger partial charge in [0.1, 0.15) is 17.1 Å². The van der Waals surface area contributed by atoms with Crippen LogP contribution in [0, 0.1) is 0 Å². The maximum atomic E-state index is 6.27. The Morgan fingerprint density at radius 3 is 2.81 bits per heavy atom. The first-order valence-electron chi connectivity index (χ1n) is 8.31. The molecule has 0 saturated carbocycles. The highest BCUT2D eigenvalue weighted by atomic mass is 16.5. The molecule has 0 amide bonds. The van der Waals surface area contributed by atoms with Gasteiger partial charge >= 0.3 is 0 Å². The Kier molecular flexibility index (Phi) is 5.51. The van der Waals surface area contributed by atoms with Crippen LogP contribution >= 0.6 is 0 Å². The van der Waals surface area contributed by atoms with Crippen LogP contribution in [0.15, 0.2) is 18.2 Å². The predicted octanol–water partition coefficient (Wildman–Crippen LogP) is 4.47. The maximum Gasteiger partial charge on any atom is 0.128 e. The number of hydrogen-bond acceptors (Lipinski definition) is 3. The SMILES string of the molecule is CCCCOc1ccc2c(c1)OC(C)(CC)CC2NCC. The largest absolute Gasteiger partial charge is 0.493 e. The summed E-state index contributed by atoms with van der Waals surface area (Å²) in [7, 11) is 0.